The highest BCUT2D eigenvalue weighted by molar-refractivity contribution is 7.47. The van der Waals surface area contributed by atoms with Gasteiger partial charge in [-0.15, -0.1) is 0 Å². The maximum Gasteiger partial charge on any atom is 0.472 e. The van der Waals surface area contributed by atoms with E-state index in [-0.39, 0.29) is 19.1 Å². The van der Waals surface area contributed by atoms with Crippen LogP contribution in [0.15, 0.2) is 24.3 Å². The lowest BCUT2D eigenvalue weighted by Crippen LogP contribution is -2.45. The molecule has 0 spiro atoms. The fourth-order valence-electron chi connectivity index (χ4n) is 10.8. The van der Waals surface area contributed by atoms with Crippen molar-refractivity contribution in [3.8, 4) is 0 Å². The summed E-state index contributed by atoms with van der Waals surface area (Å²) in [6, 6.07) is -0.861. The van der Waals surface area contributed by atoms with Gasteiger partial charge in [-0.1, -0.05) is 346 Å². The van der Waals surface area contributed by atoms with Crippen LogP contribution in [0.2, 0.25) is 0 Å². The van der Waals surface area contributed by atoms with Crippen LogP contribution in [0.1, 0.15) is 361 Å². The number of nitrogens with zero attached hydrogens (tertiary/aromatic N) is 1. The molecule has 9 heteroatoms. The molecular formula is C69H138N2O6P+. The number of allylic oxidation sites excluding steroid dienone is 3. The Morgan fingerprint density at radius 2 is 0.705 bits per heavy atom. The third-order valence-corrected chi connectivity index (χ3v) is 17.2. The molecule has 0 aliphatic rings. The number of carbonyl (C=O) groups is 1. The molecule has 78 heavy (non-hydrogen) atoms. The lowest BCUT2D eigenvalue weighted by Gasteiger charge is -2.25. The van der Waals surface area contributed by atoms with Crippen LogP contribution in [0.4, 0.5) is 0 Å². The van der Waals surface area contributed by atoms with Gasteiger partial charge in [0.05, 0.1) is 39.9 Å². The summed E-state index contributed by atoms with van der Waals surface area (Å²) in [7, 11) is 1.57. The number of aliphatic hydroxyl groups is 1. The molecular weight excluding hydrogens is 984 g/mol. The topological polar surface area (TPSA) is 105 Å². The van der Waals surface area contributed by atoms with E-state index in [4.69, 9.17) is 9.05 Å². The number of likely N-dealkylation sites (N-methyl/N-ethyl adjacent to an activating group) is 1. The normalized spacial score (nSPS) is 13.8. The summed E-state index contributed by atoms with van der Waals surface area (Å²) in [5.74, 6) is -0.178. The minimum atomic E-state index is -4.36. The number of hydrogen-bond donors (Lipinski definition) is 3. The molecule has 3 atom stereocenters. The number of nitrogens with one attached hydrogen (secondary N) is 1. The smallest absolute Gasteiger partial charge is 0.387 e. The van der Waals surface area contributed by atoms with Gasteiger partial charge in [-0.25, -0.2) is 4.57 Å². The third kappa shape index (κ3) is 62.6. The highest BCUT2D eigenvalue weighted by Crippen LogP contribution is 2.43. The summed E-state index contributed by atoms with van der Waals surface area (Å²) in [6.45, 7) is 4.86. The highest BCUT2D eigenvalue weighted by Gasteiger charge is 2.28. The van der Waals surface area contributed by atoms with Gasteiger partial charge in [0.15, 0.2) is 0 Å². The van der Waals surface area contributed by atoms with Gasteiger partial charge in [-0.3, -0.25) is 13.8 Å². The molecule has 0 aromatic rings. The molecule has 0 rings (SSSR count). The molecule has 0 heterocycles. The van der Waals surface area contributed by atoms with E-state index in [1.54, 1.807) is 6.08 Å². The molecule has 3 unspecified atom stereocenters. The average Bonchev–Trinajstić information content (AvgIpc) is 3.41. The Hall–Kier alpha value is -1.02. The zero-order valence-electron chi connectivity index (χ0n) is 53.2. The highest BCUT2D eigenvalue weighted by atomic mass is 31.2. The predicted molar refractivity (Wildman–Crippen MR) is 342 cm³/mol. The molecule has 0 saturated heterocycles. The molecule has 0 saturated carbocycles. The Morgan fingerprint density at radius 3 is 1.03 bits per heavy atom. The fourth-order valence-corrected chi connectivity index (χ4v) is 11.5. The number of quaternary nitrogens is 1. The van der Waals surface area contributed by atoms with Crippen molar-refractivity contribution in [1.29, 1.82) is 0 Å². The second-order valence-electron chi connectivity index (χ2n) is 25.3. The maximum atomic E-state index is 13.0. The van der Waals surface area contributed by atoms with E-state index in [9.17, 15) is 19.4 Å². The molecule has 0 radical (unpaired) electrons. The SMILES string of the molecule is CCCCCCCCCCCCCCCCCCCC/C=C/CC/C=C/C(O)C(COP(=O)(O)OCC[N+](C)(C)C)NC(=O)CCCCCCCCCCCCCCCCCCCCCCCCCCCCCCCCCC. The lowest BCUT2D eigenvalue weighted by atomic mass is 10.0. The zero-order chi connectivity index (χ0) is 57.0. The summed E-state index contributed by atoms with van der Waals surface area (Å²) in [5.41, 5.74) is 0. The van der Waals surface area contributed by atoms with Gasteiger partial charge in [-0.2, -0.15) is 0 Å². The number of rotatable bonds is 65. The van der Waals surface area contributed by atoms with Crippen molar-refractivity contribution in [3.63, 3.8) is 0 Å². The van der Waals surface area contributed by atoms with Crippen LogP contribution >= 0.6 is 7.82 Å². The average molecular weight is 1120 g/mol. The Balaban J connectivity index is 4.05. The van der Waals surface area contributed by atoms with Crippen molar-refractivity contribution in [2.75, 3.05) is 40.9 Å². The van der Waals surface area contributed by atoms with E-state index in [2.05, 4.69) is 31.3 Å². The third-order valence-electron chi connectivity index (χ3n) is 16.2. The second-order valence-corrected chi connectivity index (χ2v) is 26.7. The van der Waals surface area contributed by atoms with Crippen LogP contribution in [0, 0.1) is 0 Å². The number of aliphatic hydroxyl groups excluding tert-OH is 1. The van der Waals surface area contributed by atoms with E-state index in [0.29, 0.717) is 17.4 Å². The zero-order valence-corrected chi connectivity index (χ0v) is 54.1. The summed E-state index contributed by atoms with van der Waals surface area (Å²) < 4.78 is 23.8. The van der Waals surface area contributed by atoms with E-state index >= 15 is 0 Å². The standard InChI is InChI=1S/C69H137N2O6P/c1-6-8-10-12-14-16-18-20-22-24-26-28-30-32-33-34-35-36-37-38-39-41-43-45-47-49-51-53-55-57-59-61-63-69(73)70-67(66-77-78(74,75)76-65-64-71(3,4)5)68(72)62-60-58-56-54-52-50-48-46-44-42-40-31-29-27-25-23-21-19-17-15-13-11-9-7-2/h52,54,60,62,67-68,72H,6-51,53,55-59,61,63-66H2,1-5H3,(H-,70,73,74,75)/p+1/b54-52+,62-60+. The van der Waals surface area contributed by atoms with Crippen molar-refractivity contribution in [3.05, 3.63) is 24.3 Å². The Labute approximate surface area is 487 Å². The number of unbranched alkanes of at least 4 members (excludes halogenated alkanes) is 50. The summed E-state index contributed by atoms with van der Waals surface area (Å²) >= 11 is 0. The first-order chi connectivity index (χ1) is 38.0. The summed E-state index contributed by atoms with van der Waals surface area (Å²) in [6.07, 6.45) is 79.1. The number of carbonyl (C=O) groups excluding carboxylic acids is 1. The first-order valence-electron chi connectivity index (χ1n) is 34.7. The number of phosphoric acid groups is 1. The molecule has 3 N–H and O–H groups in total. The van der Waals surface area contributed by atoms with E-state index in [1.807, 2.05) is 27.2 Å². The Bertz CT molecular complexity index is 1320. The molecule has 0 aromatic heterocycles. The number of hydrogen-bond acceptors (Lipinski definition) is 5. The maximum absolute atomic E-state index is 13.0. The minimum Gasteiger partial charge on any atom is -0.387 e. The molecule has 464 valence electrons. The lowest BCUT2D eigenvalue weighted by molar-refractivity contribution is -0.870. The predicted octanol–water partition coefficient (Wildman–Crippen LogP) is 21.9. The first kappa shape index (κ1) is 77.0. The molecule has 0 bridgehead atoms. The molecule has 1 amide bonds. The van der Waals surface area contributed by atoms with Gasteiger partial charge < -0.3 is 19.8 Å². The molecule has 8 nitrogen and oxygen atoms in total. The molecule has 0 aliphatic carbocycles. The van der Waals surface area contributed by atoms with Crippen LogP contribution in [-0.4, -0.2) is 73.4 Å². The van der Waals surface area contributed by atoms with E-state index < -0.39 is 20.0 Å². The van der Waals surface area contributed by atoms with E-state index in [0.717, 1.165) is 38.5 Å². The van der Waals surface area contributed by atoms with Gasteiger partial charge in [0.25, 0.3) is 0 Å². The van der Waals surface area contributed by atoms with Gasteiger partial charge in [0.2, 0.25) is 5.91 Å². The molecule has 0 aromatic carbocycles. The van der Waals surface area contributed by atoms with Crippen LogP contribution in [0.5, 0.6) is 0 Å². The monoisotopic (exact) mass is 1120 g/mol. The van der Waals surface area contributed by atoms with Gasteiger partial charge in [-0.05, 0) is 32.1 Å². The summed E-state index contributed by atoms with van der Waals surface area (Å²) in [5, 5.41) is 14.0. The van der Waals surface area contributed by atoms with Gasteiger partial charge in [0, 0.05) is 6.42 Å². The number of phosphoric ester groups is 1. The van der Waals surface area contributed by atoms with Crippen molar-refractivity contribution in [2.45, 2.75) is 373 Å². The van der Waals surface area contributed by atoms with E-state index in [1.165, 1.54) is 302 Å². The van der Waals surface area contributed by atoms with Gasteiger partial charge in [0.1, 0.15) is 13.2 Å². The summed E-state index contributed by atoms with van der Waals surface area (Å²) in [4.78, 5) is 23.4. The van der Waals surface area contributed by atoms with Crippen molar-refractivity contribution < 1.29 is 32.9 Å². The van der Waals surface area contributed by atoms with Gasteiger partial charge >= 0.3 is 7.82 Å². The molecule has 0 fully saturated rings. The largest absolute Gasteiger partial charge is 0.472 e. The van der Waals surface area contributed by atoms with Crippen LogP contribution in [0.25, 0.3) is 0 Å². The van der Waals surface area contributed by atoms with Crippen molar-refractivity contribution in [2.24, 2.45) is 0 Å². The quantitative estimate of drug-likeness (QED) is 0.0243. The Morgan fingerprint density at radius 1 is 0.423 bits per heavy atom. The minimum absolute atomic E-state index is 0.0591. The Kier molecular flexibility index (Phi) is 59.8. The van der Waals surface area contributed by atoms with Crippen LogP contribution in [0.3, 0.4) is 0 Å². The second kappa shape index (κ2) is 60.6. The first-order valence-corrected chi connectivity index (χ1v) is 36.2. The fraction of sp³-hybridized carbons (Fsp3) is 0.928. The van der Waals surface area contributed by atoms with Crippen molar-refractivity contribution >= 4 is 13.7 Å². The van der Waals surface area contributed by atoms with Crippen LogP contribution < -0.4 is 5.32 Å². The molecule has 0 aliphatic heterocycles. The van der Waals surface area contributed by atoms with Crippen LogP contribution in [-0.2, 0) is 18.4 Å². The number of amides is 1. The van der Waals surface area contributed by atoms with Crippen molar-refractivity contribution in [1.82, 2.24) is 5.32 Å².